The molecule has 1 N–H and O–H groups in total. The van der Waals surface area contributed by atoms with Gasteiger partial charge in [0.05, 0.1) is 11.2 Å². The van der Waals surface area contributed by atoms with Gasteiger partial charge in [-0.05, 0) is 47.7 Å². The second-order valence-corrected chi connectivity index (χ2v) is 7.68. The Kier molecular flexibility index (Phi) is 3.44. The van der Waals surface area contributed by atoms with Crippen molar-refractivity contribution in [3.05, 3.63) is 85.1 Å². The molecule has 0 unspecified atom stereocenters. The van der Waals surface area contributed by atoms with Gasteiger partial charge in [0.1, 0.15) is 0 Å². The third-order valence-corrected chi connectivity index (χ3v) is 4.62. The molecule has 2 aliphatic rings. The van der Waals surface area contributed by atoms with Gasteiger partial charge in [0, 0.05) is 0 Å². The number of aryl methyl sites for hydroxylation is 1. The number of hydrogen-bond donors (Lipinski definition) is 1. The van der Waals surface area contributed by atoms with Crippen LogP contribution in [0.2, 0.25) is 0 Å². The van der Waals surface area contributed by atoms with E-state index in [4.69, 9.17) is 4.42 Å². The Morgan fingerprint density at radius 2 is 1.77 bits per heavy atom. The van der Waals surface area contributed by atoms with E-state index in [2.05, 4.69) is 25.8 Å². The summed E-state index contributed by atoms with van der Waals surface area (Å²) in [4.78, 5) is 28.7. The molecule has 0 bridgehead atoms. The van der Waals surface area contributed by atoms with Crippen LogP contribution < -0.4 is 11.1 Å². The normalized spacial score (nSPS) is 12.2. The molecule has 5 heteroatoms. The first-order chi connectivity index (χ1) is 12.3. The zero-order valence-electron chi connectivity index (χ0n) is 15.2. The summed E-state index contributed by atoms with van der Waals surface area (Å²) in [7, 11) is 0. The SMILES string of the molecule is Cc1cccc(-n2c(=O)c3[nH]c4cc(C(C)(C)C)ccc4oc=3c2=O)c1. The van der Waals surface area contributed by atoms with Gasteiger partial charge in [0.15, 0.2) is 10.9 Å². The molecule has 2 heterocycles. The Bertz CT molecular complexity index is 1320. The summed E-state index contributed by atoms with van der Waals surface area (Å²) in [5, 5.41) is 0.190. The number of hydrogen-bond acceptors (Lipinski definition) is 3. The molecule has 4 rings (SSSR count). The number of nitrogens with zero attached hydrogens (tertiary/aromatic N) is 1. The summed E-state index contributed by atoms with van der Waals surface area (Å²) in [5.41, 5.74) is 3.04. The Balaban J connectivity index is 2.06. The molecule has 0 saturated heterocycles. The minimum Gasteiger partial charge on any atom is -0.447 e. The highest BCUT2D eigenvalue weighted by Gasteiger charge is 2.17. The van der Waals surface area contributed by atoms with Crippen LogP contribution in [0.15, 0.2) is 56.5 Å². The Morgan fingerprint density at radius 1 is 1.00 bits per heavy atom. The van der Waals surface area contributed by atoms with Gasteiger partial charge in [-0.2, -0.15) is 0 Å². The fourth-order valence-electron chi connectivity index (χ4n) is 3.14. The quantitative estimate of drug-likeness (QED) is 0.571. The lowest BCUT2D eigenvalue weighted by atomic mass is 9.87. The lowest BCUT2D eigenvalue weighted by Gasteiger charge is -2.18. The molecular weight excluding hydrogens is 328 g/mol. The number of benzene rings is 2. The van der Waals surface area contributed by atoms with E-state index in [-0.39, 0.29) is 16.2 Å². The number of fused-ring (bicyclic) bond motifs is 1. The van der Waals surface area contributed by atoms with E-state index in [1.807, 2.05) is 37.3 Å². The minimum absolute atomic E-state index is 0.0333. The van der Waals surface area contributed by atoms with Crippen LogP contribution in [0.1, 0.15) is 31.9 Å². The van der Waals surface area contributed by atoms with Crippen molar-refractivity contribution in [2.24, 2.45) is 0 Å². The van der Waals surface area contributed by atoms with Gasteiger partial charge in [-0.25, -0.2) is 4.57 Å². The third-order valence-electron chi connectivity index (χ3n) is 4.62. The minimum atomic E-state index is -0.450. The van der Waals surface area contributed by atoms with Crippen LogP contribution in [0.3, 0.4) is 0 Å². The van der Waals surface area contributed by atoms with Crippen LogP contribution in [-0.4, -0.2) is 9.55 Å². The van der Waals surface area contributed by atoms with Crippen LogP contribution in [0, 0.1) is 17.7 Å². The third kappa shape index (κ3) is 2.47. The summed E-state index contributed by atoms with van der Waals surface area (Å²) < 4.78 is 6.95. The Labute approximate surface area is 149 Å². The first kappa shape index (κ1) is 16.4. The number of nitrogens with one attached hydrogen (secondary N) is 1. The second kappa shape index (κ2) is 5.46. The van der Waals surface area contributed by atoms with Crippen molar-refractivity contribution in [3.8, 4) is 5.69 Å². The van der Waals surface area contributed by atoms with Gasteiger partial charge in [-0.3, -0.25) is 9.59 Å². The first-order valence-corrected chi connectivity index (χ1v) is 8.55. The van der Waals surface area contributed by atoms with Crippen molar-refractivity contribution in [1.29, 1.82) is 0 Å². The van der Waals surface area contributed by atoms with E-state index in [0.717, 1.165) is 15.7 Å². The van der Waals surface area contributed by atoms with Gasteiger partial charge in [-0.1, -0.05) is 39.0 Å². The van der Waals surface area contributed by atoms with E-state index in [1.165, 1.54) is 0 Å². The molecule has 0 amide bonds. The zero-order valence-corrected chi connectivity index (χ0v) is 15.2. The van der Waals surface area contributed by atoms with E-state index in [1.54, 1.807) is 12.1 Å². The zero-order chi connectivity index (χ0) is 18.6. The molecule has 2 aliphatic heterocycles. The predicted octanol–water partition coefficient (Wildman–Crippen LogP) is 3.60. The van der Waals surface area contributed by atoms with E-state index in [0.29, 0.717) is 16.8 Å². The maximum absolute atomic E-state index is 12.9. The molecule has 2 aromatic rings. The lowest BCUT2D eigenvalue weighted by Crippen LogP contribution is -2.24. The highest BCUT2D eigenvalue weighted by molar-refractivity contribution is 5.72. The summed E-state index contributed by atoms with van der Waals surface area (Å²) in [5.74, 6) is 0. The average Bonchev–Trinajstić information content (AvgIpc) is 2.82. The molecule has 0 saturated carbocycles. The predicted molar refractivity (Wildman–Crippen MR) is 101 cm³/mol. The van der Waals surface area contributed by atoms with Crippen LogP contribution in [0.5, 0.6) is 0 Å². The highest BCUT2D eigenvalue weighted by Crippen LogP contribution is 2.25. The highest BCUT2D eigenvalue weighted by atomic mass is 16.3. The molecule has 26 heavy (non-hydrogen) atoms. The number of rotatable bonds is 1. The van der Waals surface area contributed by atoms with Crippen molar-refractivity contribution in [2.45, 2.75) is 33.1 Å². The first-order valence-electron chi connectivity index (χ1n) is 8.55. The molecule has 0 fully saturated rings. The fourth-order valence-corrected chi connectivity index (χ4v) is 3.14. The summed E-state index contributed by atoms with van der Waals surface area (Å²) in [6.07, 6.45) is 0. The van der Waals surface area contributed by atoms with E-state index in [9.17, 15) is 9.59 Å². The molecule has 2 aromatic carbocycles. The molecule has 0 atom stereocenters. The largest absolute Gasteiger partial charge is 0.447 e. The monoisotopic (exact) mass is 348 g/mol. The van der Waals surface area contributed by atoms with Gasteiger partial charge in [0.25, 0.3) is 5.56 Å². The van der Waals surface area contributed by atoms with Gasteiger partial charge in [-0.15, -0.1) is 0 Å². The van der Waals surface area contributed by atoms with Crippen LogP contribution in [0.25, 0.3) is 16.8 Å². The number of H-pyrrole nitrogens is 1. The van der Waals surface area contributed by atoms with Crippen LogP contribution >= 0.6 is 0 Å². The van der Waals surface area contributed by atoms with Crippen LogP contribution in [-0.2, 0) is 5.41 Å². The molecular formula is C21H20N2O3. The van der Waals surface area contributed by atoms with Crippen LogP contribution in [0.4, 0.5) is 0 Å². The van der Waals surface area contributed by atoms with Crippen molar-refractivity contribution in [2.75, 3.05) is 0 Å². The summed E-state index contributed by atoms with van der Waals surface area (Å²) >= 11 is 0. The van der Waals surface area contributed by atoms with E-state index < -0.39 is 11.1 Å². The Hall–Kier alpha value is -3.08. The molecule has 0 aliphatic carbocycles. The topological polar surface area (TPSA) is 68.0 Å². The van der Waals surface area contributed by atoms with E-state index >= 15 is 0 Å². The molecule has 5 nitrogen and oxygen atoms in total. The van der Waals surface area contributed by atoms with Crippen molar-refractivity contribution < 1.29 is 4.42 Å². The van der Waals surface area contributed by atoms with Crippen molar-refractivity contribution in [1.82, 2.24) is 9.55 Å². The van der Waals surface area contributed by atoms with Crippen molar-refractivity contribution in [3.63, 3.8) is 0 Å². The second-order valence-electron chi connectivity index (χ2n) is 7.68. The van der Waals surface area contributed by atoms with Gasteiger partial charge >= 0.3 is 5.56 Å². The fraction of sp³-hybridized carbons (Fsp3) is 0.238. The standard InChI is InChI=1S/C21H20N2O3/c1-12-6-5-7-14(10-12)23-19(24)17-18(20(23)25)26-16-9-8-13(21(2,3)4)11-15(16)22-17/h5-11,22H,1-4H3. The number of aromatic nitrogens is 2. The molecule has 0 spiro atoms. The summed E-state index contributed by atoms with van der Waals surface area (Å²) in [6, 6.07) is 13.1. The average molecular weight is 348 g/mol. The lowest BCUT2D eigenvalue weighted by molar-refractivity contribution is 0.553. The Morgan fingerprint density at radius 3 is 2.46 bits per heavy atom. The molecule has 0 radical (unpaired) electrons. The maximum atomic E-state index is 12.9. The van der Waals surface area contributed by atoms with Gasteiger partial charge < -0.3 is 9.40 Å². The maximum Gasteiger partial charge on any atom is 0.303 e. The molecule has 0 aromatic heterocycles. The smallest absolute Gasteiger partial charge is 0.303 e. The summed E-state index contributed by atoms with van der Waals surface area (Å²) in [6.45, 7) is 8.27. The molecule has 132 valence electrons. The number of aromatic amines is 1. The van der Waals surface area contributed by atoms with Gasteiger partial charge in [0.2, 0.25) is 5.42 Å². The van der Waals surface area contributed by atoms with Crippen molar-refractivity contribution >= 4 is 11.1 Å².